The Kier molecular flexibility index (Phi) is 9.35. The number of ketones is 1. The Hall–Kier alpha value is -3.28. The zero-order chi connectivity index (χ0) is 25.4. The Morgan fingerprint density at radius 2 is 1.71 bits per heavy atom. The van der Waals surface area contributed by atoms with Crippen LogP contribution < -0.4 is 9.47 Å². The Morgan fingerprint density at radius 3 is 2.37 bits per heavy atom. The van der Waals surface area contributed by atoms with Crippen molar-refractivity contribution in [2.24, 2.45) is 5.92 Å². The third-order valence-electron chi connectivity index (χ3n) is 5.91. The highest BCUT2D eigenvalue weighted by Gasteiger charge is 2.45. The molecule has 3 rings (SSSR count). The number of amides is 1. The number of Topliss-reactive ketones (excluding diaryl/α,β-unsaturated/α-hetero) is 1. The molecule has 188 valence electrons. The lowest BCUT2D eigenvalue weighted by molar-refractivity contribution is -0.139. The highest BCUT2D eigenvalue weighted by Crippen LogP contribution is 2.40. The summed E-state index contributed by atoms with van der Waals surface area (Å²) in [5, 5.41) is 11.2. The number of hydrogen-bond donors (Lipinski definition) is 1. The largest absolute Gasteiger partial charge is 0.507 e. The molecule has 0 aliphatic carbocycles. The first-order valence-electron chi connectivity index (χ1n) is 12.6. The van der Waals surface area contributed by atoms with E-state index in [9.17, 15) is 14.7 Å². The lowest BCUT2D eigenvalue weighted by atomic mass is 9.95. The lowest BCUT2D eigenvalue weighted by Gasteiger charge is -2.25. The smallest absolute Gasteiger partial charge is 0.295 e. The number of ether oxygens (including phenoxy) is 2. The van der Waals surface area contributed by atoms with Crippen LogP contribution in [0, 0.1) is 5.92 Å². The zero-order valence-electron chi connectivity index (χ0n) is 21.3. The van der Waals surface area contributed by atoms with Gasteiger partial charge in [0.2, 0.25) is 0 Å². The normalized spacial score (nSPS) is 17.3. The van der Waals surface area contributed by atoms with E-state index in [2.05, 4.69) is 20.8 Å². The number of benzene rings is 2. The monoisotopic (exact) mass is 479 g/mol. The molecule has 0 saturated carbocycles. The van der Waals surface area contributed by atoms with E-state index in [1.54, 1.807) is 23.1 Å². The molecule has 0 aromatic heterocycles. The van der Waals surface area contributed by atoms with E-state index < -0.39 is 17.7 Å². The van der Waals surface area contributed by atoms with Crippen molar-refractivity contribution in [2.75, 3.05) is 19.8 Å². The molecule has 2 aromatic rings. The molecule has 1 atom stereocenters. The first kappa shape index (κ1) is 26.3. The zero-order valence-corrected chi connectivity index (χ0v) is 21.3. The second kappa shape index (κ2) is 12.4. The highest BCUT2D eigenvalue weighted by molar-refractivity contribution is 6.46. The molecule has 6 nitrogen and oxygen atoms in total. The summed E-state index contributed by atoms with van der Waals surface area (Å²) in [6, 6.07) is 13.8. The number of carbonyl (C=O) groups is 2. The van der Waals surface area contributed by atoms with Gasteiger partial charge in [0, 0.05) is 12.1 Å². The van der Waals surface area contributed by atoms with Crippen LogP contribution in [0.5, 0.6) is 11.5 Å². The van der Waals surface area contributed by atoms with Crippen LogP contribution in [0.2, 0.25) is 0 Å². The van der Waals surface area contributed by atoms with Crippen molar-refractivity contribution in [2.45, 2.75) is 59.4 Å². The summed E-state index contributed by atoms with van der Waals surface area (Å²) < 4.78 is 11.6. The van der Waals surface area contributed by atoms with E-state index in [1.165, 1.54) is 0 Å². The first-order valence-corrected chi connectivity index (χ1v) is 12.6. The molecule has 2 aromatic carbocycles. The van der Waals surface area contributed by atoms with Crippen LogP contribution in [0.15, 0.2) is 54.1 Å². The summed E-state index contributed by atoms with van der Waals surface area (Å²) >= 11 is 0. The van der Waals surface area contributed by atoms with Gasteiger partial charge in [-0.3, -0.25) is 9.59 Å². The number of rotatable bonds is 12. The van der Waals surface area contributed by atoms with Gasteiger partial charge in [-0.15, -0.1) is 0 Å². The van der Waals surface area contributed by atoms with E-state index in [4.69, 9.17) is 9.47 Å². The van der Waals surface area contributed by atoms with Crippen LogP contribution in [-0.2, 0) is 9.59 Å². The van der Waals surface area contributed by atoms with E-state index in [-0.39, 0.29) is 11.3 Å². The third kappa shape index (κ3) is 6.44. The summed E-state index contributed by atoms with van der Waals surface area (Å²) in [5.74, 6) is 0.242. The number of unbranched alkanes of at least 4 members (excludes halogenated alkanes) is 2. The molecule has 1 N–H and O–H groups in total. The molecule has 1 aliphatic heterocycles. The molecule has 0 spiro atoms. The van der Waals surface area contributed by atoms with Crippen molar-refractivity contribution in [3.8, 4) is 11.5 Å². The minimum absolute atomic E-state index is 0.0982. The summed E-state index contributed by atoms with van der Waals surface area (Å²) in [6.07, 6.45) is 3.94. The number of aliphatic hydroxyl groups is 1. The van der Waals surface area contributed by atoms with Crippen molar-refractivity contribution in [1.29, 1.82) is 0 Å². The van der Waals surface area contributed by atoms with E-state index in [0.29, 0.717) is 43.4 Å². The van der Waals surface area contributed by atoms with E-state index in [1.807, 2.05) is 37.3 Å². The Bertz CT molecular complexity index is 1040. The minimum atomic E-state index is -0.672. The quantitative estimate of drug-likeness (QED) is 0.172. The van der Waals surface area contributed by atoms with Gasteiger partial charge in [-0.25, -0.2) is 0 Å². The fourth-order valence-corrected chi connectivity index (χ4v) is 4.14. The van der Waals surface area contributed by atoms with Gasteiger partial charge < -0.3 is 19.5 Å². The molecular weight excluding hydrogens is 442 g/mol. The number of carbonyl (C=O) groups excluding carboxylic acids is 2. The molecular formula is C29H37NO5. The van der Waals surface area contributed by atoms with Crippen molar-refractivity contribution in [3.05, 3.63) is 65.2 Å². The number of nitrogens with zero attached hydrogens (tertiary/aromatic N) is 1. The second-order valence-electron chi connectivity index (χ2n) is 9.35. The summed E-state index contributed by atoms with van der Waals surface area (Å²) in [5.41, 5.74) is 1.30. The maximum Gasteiger partial charge on any atom is 0.295 e. The van der Waals surface area contributed by atoms with Crippen LogP contribution in [0.1, 0.15) is 70.5 Å². The molecule has 35 heavy (non-hydrogen) atoms. The van der Waals surface area contributed by atoms with E-state index >= 15 is 0 Å². The molecule has 1 heterocycles. The summed E-state index contributed by atoms with van der Waals surface area (Å²) in [4.78, 5) is 27.6. The second-order valence-corrected chi connectivity index (χ2v) is 9.35. The van der Waals surface area contributed by atoms with Gasteiger partial charge in [-0.1, -0.05) is 64.8 Å². The van der Waals surface area contributed by atoms with Crippen LogP contribution in [0.3, 0.4) is 0 Å². The number of likely N-dealkylation sites (tertiary alicyclic amines) is 1. The predicted octanol–water partition coefficient (Wildman–Crippen LogP) is 6.12. The molecule has 1 amide bonds. The van der Waals surface area contributed by atoms with Crippen LogP contribution in [-0.4, -0.2) is 41.5 Å². The van der Waals surface area contributed by atoms with Gasteiger partial charge in [-0.2, -0.15) is 0 Å². The van der Waals surface area contributed by atoms with Gasteiger partial charge >= 0.3 is 0 Å². The summed E-state index contributed by atoms with van der Waals surface area (Å²) in [7, 11) is 0. The van der Waals surface area contributed by atoms with Crippen LogP contribution >= 0.6 is 0 Å². The standard InChI is InChI=1S/C29H37NO5/c1-5-7-8-17-34-23-14-12-21(13-15-23)26-25(28(32)29(33)30(26)16-6-2)27(31)22-10-9-11-24(18-22)35-19-20(3)4/h9-15,18,20,26,31H,5-8,16-17,19H2,1-4H3/b27-25-. The average Bonchev–Trinajstić information content (AvgIpc) is 3.11. The molecule has 6 heteroatoms. The summed E-state index contributed by atoms with van der Waals surface area (Å²) in [6.45, 7) is 9.82. The van der Waals surface area contributed by atoms with Crippen molar-refractivity contribution in [1.82, 2.24) is 4.90 Å². The minimum Gasteiger partial charge on any atom is -0.507 e. The van der Waals surface area contributed by atoms with Gasteiger partial charge in [0.15, 0.2) is 0 Å². The average molecular weight is 480 g/mol. The van der Waals surface area contributed by atoms with Gasteiger partial charge in [0.1, 0.15) is 17.3 Å². The number of aliphatic hydroxyl groups excluding tert-OH is 1. The highest BCUT2D eigenvalue weighted by atomic mass is 16.5. The topological polar surface area (TPSA) is 76.1 Å². The lowest BCUT2D eigenvalue weighted by Crippen LogP contribution is -2.30. The SMILES string of the molecule is CCCCCOc1ccc(C2/C(=C(/O)c3cccc(OCC(C)C)c3)C(=O)C(=O)N2CCC)cc1. The van der Waals surface area contributed by atoms with Gasteiger partial charge in [0.05, 0.1) is 24.8 Å². The number of hydrogen-bond acceptors (Lipinski definition) is 5. The van der Waals surface area contributed by atoms with Crippen LogP contribution in [0.4, 0.5) is 0 Å². The maximum absolute atomic E-state index is 13.1. The van der Waals surface area contributed by atoms with Crippen molar-refractivity contribution in [3.63, 3.8) is 0 Å². The molecule has 0 bridgehead atoms. The fourth-order valence-electron chi connectivity index (χ4n) is 4.14. The van der Waals surface area contributed by atoms with Crippen molar-refractivity contribution >= 4 is 17.4 Å². The van der Waals surface area contributed by atoms with Crippen molar-refractivity contribution < 1.29 is 24.2 Å². The Labute approximate surface area is 208 Å². The Morgan fingerprint density at radius 1 is 0.971 bits per heavy atom. The van der Waals surface area contributed by atoms with Gasteiger partial charge in [0.25, 0.3) is 11.7 Å². The molecule has 1 unspecified atom stereocenters. The predicted molar refractivity (Wildman–Crippen MR) is 138 cm³/mol. The molecule has 1 saturated heterocycles. The third-order valence-corrected chi connectivity index (χ3v) is 5.91. The van der Waals surface area contributed by atoms with E-state index in [0.717, 1.165) is 30.6 Å². The maximum atomic E-state index is 13.1. The molecule has 1 aliphatic rings. The fraction of sp³-hybridized carbons (Fsp3) is 0.448. The van der Waals surface area contributed by atoms with Crippen LogP contribution in [0.25, 0.3) is 5.76 Å². The Balaban J connectivity index is 1.96. The molecule has 0 radical (unpaired) electrons. The van der Waals surface area contributed by atoms with Gasteiger partial charge in [-0.05, 0) is 48.6 Å². The molecule has 1 fully saturated rings. The first-order chi connectivity index (χ1) is 16.9.